The maximum absolute atomic E-state index is 5.95. The van der Waals surface area contributed by atoms with Gasteiger partial charge in [-0.1, -0.05) is 45.4 Å². The van der Waals surface area contributed by atoms with Gasteiger partial charge in [-0.25, -0.2) is 0 Å². The van der Waals surface area contributed by atoms with Crippen LogP contribution in [0, 0.1) is 0 Å². The van der Waals surface area contributed by atoms with Crippen LogP contribution in [0.5, 0.6) is 0 Å². The lowest BCUT2D eigenvalue weighted by atomic mass is 10.0. The Morgan fingerprint density at radius 3 is 1.93 bits per heavy atom. The Hall–Kier alpha value is -0.120. The number of nitrogens with two attached hydrogens (primary N) is 3. The minimum absolute atomic E-state index is 0.194. The van der Waals surface area contributed by atoms with E-state index in [4.69, 9.17) is 17.2 Å². The molecule has 0 saturated heterocycles. The fourth-order valence-corrected chi connectivity index (χ4v) is 1.74. The molecule has 0 bridgehead atoms. The standard InChI is InChI=1S/C12H29N3/c1-2-3-4-5-6-7-8-11(13)9-10-12(14)15/h11-12H,2-10,13-15H2,1H3. The molecule has 1 atom stereocenters. The summed E-state index contributed by atoms with van der Waals surface area (Å²) < 4.78 is 0. The average Bonchev–Trinajstić information content (AvgIpc) is 2.20. The Kier molecular flexibility index (Phi) is 10.3. The van der Waals surface area contributed by atoms with Gasteiger partial charge in [0.2, 0.25) is 0 Å². The van der Waals surface area contributed by atoms with Crippen molar-refractivity contribution in [1.29, 1.82) is 0 Å². The van der Waals surface area contributed by atoms with Gasteiger partial charge < -0.3 is 17.2 Å². The second kappa shape index (κ2) is 10.4. The van der Waals surface area contributed by atoms with Crippen LogP contribution < -0.4 is 17.2 Å². The molecule has 0 aliphatic heterocycles. The lowest BCUT2D eigenvalue weighted by Crippen LogP contribution is -2.32. The molecule has 0 rings (SSSR count). The molecule has 15 heavy (non-hydrogen) atoms. The topological polar surface area (TPSA) is 78.1 Å². The molecule has 0 aromatic rings. The van der Waals surface area contributed by atoms with Gasteiger partial charge in [0.25, 0.3) is 0 Å². The van der Waals surface area contributed by atoms with Crippen molar-refractivity contribution >= 4 is 0 Å². The van der Waals surface area contributed by atoms with Crippen LogP contribution in [-0.2, 0) is 0 Å². The fourth-order valence-electron chi connectivity index (χ4n) is 1.74. The second-order valence-corrected chi connectivity index (χ2v) is 4.56. The first kappa shape index (κ1) is 14.9. The Labute approximate surface area is 94.8 Å². The summed E-state index contributed by atoms with van der Waals surface area (Å²) in [7, 11) is 0. The monoisotopic (exact) mass is 215 g/mol. The Morgan fingerprint density at radius 2 is 1.33 bits per heavy atom. The van der Waals surface area contributed by atoms with Crippen LogP contribution in [0.3, 0.4) is 0 Å². The van der Waals surface area contributed by atoms with Crippen molar-refractivity contribution in [1.82, 2.24) is 0 Å². The van der Waals surface area contributed by atoms with Crippen LogP contribution in [0.15, 0.2) is 0 Å². The molecule has 1 unspecified atom stereocenters. The molecule has 0 amide bonds. The first-order valence-electron chi connectivity index (χ1n) is 6.43. The van der Waals surface area contributed by atoms with Gasteiger partial charge in [0.15, 0.2) is 0 Å². The van der Waals surface area contributed by atoms with Crippen LogP contribution in [-0.4, -0.2) is 12.2 Å². The zero-order chi connectivity index (χ0) is 11.5. The van der Waals surface area contributed by atoms with Gasteiger partial charge in [0.1, 0.15) is 0 Å². The van der Waals surface area contributed by atoms with Crippen molar-refractivity contribution < 1.29 is 0 Å². The Morgan fingerprint density at radius 1 is 0.733 bits per heavy atom. The number of unbranched alkanes of at least 4 members (excludes halogenated alkanes) is 5. The van der Waals surface area contributed by atoms with E-state index in [1.165, 1.54) is 38.5 Å². The van der Waals surface area contributed by atoms with Crippen molar-refractivity contribution in [2.75, 3.05) is 0 Å². The normalized spacial score (nSPS) is 13.4. The van der Waals surface area contributed by atoms with Crippen molar-refractivity contribution in [3.05, 3.63) is 0 Å². The highest BCUT2D eigenvalue weighted by molar-refractivity contribution is 4.64. The molecule has 0 spiro atoms. The van der Waals surface area contributed by atoms with E-state index in [0.29, 0.717) is 6.04 Å². The molecule has 0 heterocycles. The van der Waals surface area contributed by atoms with Crippen LogP contribution in [0.2, 0.25) is 0 Å². The average molecular weight is 215 g/mol. The van der Waals surface area contributed by atoms with Gasteiger partial charge in [-0.05, 0) is 19.3 Å². The van der Waals surface area contributed by atoms with Crippen molar-refractivity contribution in [3.8, 4) is 0 Å². The van der Waals surface area contributed by atoms with Gasteiger partial charge in [0.05, 0.1) is 6.17 Å². The first-order chi connectivity index (χ1) is 7.16. The molecule has 6 N–H and O–H groups in total. The van der Waals surface area contributed by atoms with E-state index in [1.54, 1.807) is 0 Å². The molecule has 0 aromatic carbocycles. The zero-order valence-corrected chi connectivity index (χ0v) is 10.3. The van der Waals surface area contributed by atoms with Crippen LogP contribution >= 0.6 is 0 Å². The molecule has 3 nitrogen and oxygen atoms in total. The smallest absolute Gasteiger partial charge is 0.0521 e. The van der Waals surface area contributed by atoms with E-state index < -0.39 is 0 Å². The molecular weight excluding hydrogens is 186 g/mol. The first-order valence-corrected chi connectivity index (χ1v) is 6.43. The van der Waals surface area contributed by atoms with Crippen molar-refractivity contribution in [2.24, 2.45) is 17.2 Å². The molecular formula is C12H29N3. The lowest BCUT2D eigenvalue weighted by Gasteiger charge is -2.12. The highest BCUT2D eigenvalue weighted by Crippen LogP contribution is 2.10. The van der Waals surface area contributed by atoms with Gasteiger partial charge in [-0.15, -0.1) is 0 Å². The predicted molar refractivity (Wildman–Crippen MR) is 67.4 cm³/mol. The summed E-state index contributed by atoms with van der Waals surface area (Å²) >= 11 is 0. The highest BCUT2D eigenvalue weighted by Gasteiger charge is 2.03. The Balaban J connectivity index is 3.13. The zero-order valence-electron chi connectivity index (χ0n) is 10.3. The maximum Gasteiger partial charge on any atom is 0.0521 e. The molecule has 0 saturated carbocycles. The third kappa shape index (κ3) is 11.8. The quantitative estimate of drug-likeness (QED) is 0.386. The van der Waals surface area contributed by atoms with E-state index in [-0.39, 0.29) is 6.17 Å². The summed E-state index contributed by atoms with van der Waals surface area (Å²) in [5, 5.41) is 0. The van der Waals surface area contributed by atoms with E-state index >= 15 is 0 Å². The Bertz CT molecular complexity index is 126. The van der Waals surface area contributed by atoms with E-state index in [0.717, 1.165) is 19.3 Å². The molecule has 0 aliphatic carbocycles. The SMILES string of the molecule is CCCCCCCCC(N)CCC(N)N. The number of rotatable bonds is 10. The largest absolute Gasteiger partial charge is 0.328 e. The highest BCUT2D eigenvalue weighted by atomic mass is 14.8. The molecule has 0 aromatic heterocycles. The van der Waals surface area contributed by atoms with Gasteiger partial charge in [-0.3, -0.25) is 0 Å². The van der Waals surface area contributed by atoms with E-state index in [9.17, 15) is 0 Å². The van der Waals surface area contributed by atoms with Crippen molar-refractivity contribution in [3.63, 3.8) is 0 Å². The summed E-state index contributed by atoms with van der Waals surface area (Å²) in [6.07, 6.45) is 10.7. The van der Waals surface area contributed by atoms with Gasteiger partial charge in [0, 0.05) is 6.04 Å². The van der Waals surface area contributed by atoms with E-state index in [2.05, 4.69) is 6.92 Å². The fraction of sp³-hybridized carbons (Fsp3) is 1.00. The van der Waals surface area contributed by atoms with Crippen LogP contribution in [0.25, 0.3) is 0 Å². The number of hydrogen-bond acceptors (Lipinski definition) is 3. The molecule has 92 valence electrons. The van der Waals surface area contributed by atoms with E-state index in [1.807, 2.05) is 0 Å². The molecule has 0 aliphatic rings. The predicted octanol–water partition coefficient (Wildman–Crippen LogP) is 2.09. The summed E-state index contributed by atoms with van der Waals surface area (Å²) in [4.78, 5) is 0. The third-order valence-electron chi connectivity index (χ3n) is 2.80. The molecule has 0 fully saturated rings. The van der Waals surface area contributed by atoms with Crippen LogP contribution in [0.1, 0.15) is 64.7 Å². The summed E-state index contributed by atoms with van der Waals surface area (Å²) in [6, 6.07) is 0.297. The maximum atomic E-state index is 5.95. The second-order valence-electron chi connectivity index (χ2n) is 4.56. The molecule has 3 heteroatoms. The number of hydrogen-bond donors (Lipinski definition) is 3. The minimum atomic E-state index is -0.194. The summed E-state index contributed by atoms with van der Waals surface area (Å²) in [5.41, 5.74) is 16.9. The van der Waals surface area contributed by atoms with Gasteiger partial charge >= 0.3 is 0 Å². The summed E-state index contributed by atoms with van der Waals surface area (Å²) in [6.45, 7) is 2.24. The minimum Gasteiger partial charge on any atom is -0.328 e. The molecule has 0 radical (unpaired) electrons. The van der Waals surface area contributed by atoms with Gasteiger partial charge in [-0.2, -0.15) is 0 Å². The summed E-state index contributed by atoms with van der Waals surface area (Å²) in [5.74, 6) is 0. The van der Waals surface area contributed by atoms with Crippen molar-refractivity contribution in [2.45, 2.75) is 76.9 Å². The lowest BCUT2D eigenvalue weighted by molar-refractivity contribution is 0.477. The third-order valence-corrected chi connectivity index (χ3v) is 2.80. The van der Waals surface area contributed by atoms with Crippen LogP contribution in [0.4, 0.5) is 0 Å².